The minimum atomic E-state index is -0.407. The summed E-state index contributed by atoms with van der Waals surface area (Å²) < 4.78 is 0. The molecule has 0 aromatic rings. The second kappa shape index (κ2) is 9.93. The average molecular weight is 474 g/mol. The first kappa shape index (κ1) is 23.7. The topological polar surface area (TPSA) is 43.9 Å². The van der Waals surface area contributed by atoms with Crippen LogP contribution in [0.15, 0.2) is 11.0 Å². The van der Waals surface area contributed by atoms with Gasteiger partial charge in [-0.25, -0.2) is 0 Å². The Labute approximate surface area is 204 Å². The van der Waals surface area contributed by atoms with Gasteiger partial charge in [0.1, 0.15) is 0 Å². The van der Waals surface area contributed by atoms with Crippen LogP contribution in [0.5, 0.6) is 0 Å². The minimum Gasteiger partial charge on any atom is -0.341 e. The Hall–Kier alpha value is -1.01. The van der Waals surface area contributed by atoms with Gasteiger partial charge in [0.2, 0.25) is 11.8 Å². The number of hydrogen-bond acceptors (Lipinski definition) is 4. The largest absolute Gasteiger partial charge is 0.341 e. The van der Waals surface area contributed by atoms with E-state index in [0.717, 1.165) is 70.1 Å². The molecule has 0 N–H and O–H groups in total. The van der Waals surface area contributed by atoms with Crippen LogP contribution < -0.4 is 0 Å². The highest BCUT2D eigenvalue weighted by Crippen LogP contribution is 2.42. The molecule has 1 saturated carbocycles. The van der Waals surface area contributed by atoms with Gasteiger partial charge in [0.05, 0.1) is 11.5 Å². The van der Waals surface area contributed by atoms with Crippen LogP contribution in [0.25, 0.3) is 0 Å². The van der Waals surface area contributed by atoms with E-state index in [9.17, 15) is 9.59 Å². The van der Waals surface area contributed by atoms with E-state index >= 15 is 0 Å². The molecule has 3 atom stereocenters. The van der Waals surface area contributed by atoms with Crippen LogP contribution in [0.1, 0.15) is 78.1 Å². The lowest BCUT2D eigenvalue weighted by molar-refractivity contribution is -0.142. The Morgan fingerprint density at radius 1 is 0.879 bits per heavy atom. The zero-order valence-corrected chi connectivity index (χ0v) is 21.6. The molecular formula is C27H43N3O2S. The summed E-state index contributed by atoms with van der Waals surface area (Å²) in [6.45, 7) is 9.01. The summed E-state index contributed by atoms with van der Waals surface area (Å²) >= 11 is 1.93. The first-order valence-corrected chi connectivity index (χ1v) is 14.6. The lowest BCUT2D eigenvalue weighted by Crippen LogP contribution is -2.57. The molecule has 4 aliphatic heterocycles. The van der Waals surface area contributed by atoms with Crippen molar-refractivity contribution in [1.82, 2.24) is 14.7 Å². The van der Waals surface area contributed by atoms with Gasteiger partial charge in [-0.2, -0.15) is 0 Å². The van der Waals surface area contributed by atoms with Gasteiger partial charge < -0.3 is 9.80 Å². The van der Waals surface area contributed by atoms with E-state index in [0.29, 0.717) is 23.8 Å². The van der Waals surface area contributed by atoms with Crippen molar-refractivity contribution in [2.24, 2.45) is 17.8 Å². The van der Waals surface area contributed by atoms with Crippen molar-refractivity contribution < 1.29 is 9.59 Å². The van der Waals surface area contributed by atoms with E-state index in [4.69, 9.17) is 0 Å². The standard InChI is InChI=1S/C27H43N3O2S/c1-27(2,26(32)28-13-5-6-14-28)29-16-11-21(12-17-29)24-18-22(19-33-24)25(31)30-15-7-9-20-8-3-4-10-23(20)30/h18,20-23H,3-17,19H2,1-2H3. The normalized spacial score (nSPS) is 32.1. The zero-order valence-electron chi connectivity index (χ0n) is 20.8. The number of piperidine rings is 2. The number of carbonyl (C=O) groups excluding carboxylic acids is 2. The summed E-state index contributed by atoms with van der Waals surface area (Å²) in [4.78, 5) is 34.8. The first-order valence-electron chi connectivity index (χ1n) is 13.6. The van der Waals surface area contributed by atoms with E-state index in [1.165, 1.54) is 43.4 Å². The SMILES string of the molecule is CC(C)(C(=O)N1CCCC1)N1CCC(C2=CC(C(=O)N3CCCC4CCCCC43)CS2)CC1. The van der Waals surface area contributed by atoms with Crippen LogP contribution in [0.2, 0.25) is 0 Å². The van der Waals surface area contributed by atoms with E-state index in [-0.39, 0.29) is 5.92 Å². The van der Waals surface area contributed by atoms with E-state index in [1.807, 2.05) is 11.8 Å². The molecule has 3 unspecified atom stereocenters. The van der Waals surface area contributed by atoms with Crippen LogP contribution in [0, 0.1) is 17.8 Å². The molecule has 4 heterocycles. The summed E-state index contributed by atoms with van der Waals surface area (Å²) in [6.07, 6.45) is 14.5. The maximum absolute atomic E-state index is 13.5. The molecule has 4 fully saturated rings. The molecule has 6 heteroatoms. The quantitative estimate of drug-likeness (QED) is 0.602. The van der Waals surface area contributed by atoms with Crippen LogP contribution in [-0.4, -0.2) is 76.6 Å². The molecule has 0 radical (unpaired) electrons. The van der Waals surface area contributed by atoms with Gasteiger partial charge in [0.15, 0.2) is 0 Å². The third kappa shape index (κ3) is 4.76. The maximum atomic E-state index is 13.5. The van der Waals surface area contributed by atoms with Gasteiger partial charge in [-0.15, -0.1) is 11.8 Å². The van der Waals surface area contributed by atoms with Gasteiger partial charge in [-0.1, -0.05) is 18.9 Å². The minimum absolute atomic E-state index is 0.0805. The molecular weight excluding hydrogens is 430 g/mol. The average Bonchev–Trinajstić information content (AvgIpc) is 3.56. The summed E-state index contributed by atoms with van der Waals surface area (Å²) in [5.74, 6) is 3.04. The van der Waals surface area contributed by atoms with E-state index < -0.39 is 5.54 Å². The molecule has 184 valence electrons. The lowest BCUT2D eigenvalue weighted by atomic mass is 9.78. The Morgan fingerprint density at radius 3 is 2.33 bits per heavy atom. The van der Waals surface area contributed by atoms with Crippen molar-refractivity contribution in [3.63, 3.8) is 0 Å². The first-order chi connectivity index (χ1) is 15.9. The lowest BCUT2D eigenvalue weighted by Gasteiger charge is -2.44. The molecule has 0 spiro atoms. The smallest absolute Gasteiger partial charge is 0.242 e. The molecule has 0 aromatic carbocycles. The molecule has 0 aromatic heterocycles. The number of amides is 2. The zero-order chi connectivity index (χ0) is 23.0. The van der Waals surface area contributed by atoms with Crippen LogP contribution in [0.3, 0.4) is 0 Å². The number of thioether (sulfide) groups is 1. The van der Waals surface area contributed by atoms with Crippen molar-refractivity contribution in [3.8, 4) is 0 Å². The molecule has 5 nitrogen and oxygen atoms in total. The van der Waals surface area contributed by atoms with Gasteiger partial charge >= 0.3 is 0 Å². The molecule has 1 aliphatic carbocycles. The summed E-state index contributed by atoms with van der Waals surface area (Å²) in [7, 11) is 0. The monoisotopic (exact) mass is 473 g/mol. The molecule has 5 rings (SSSR count). The van der Waals surface area contributed by atoms with Gasteiger partial charge in [0, 0.05) is 31.4 Å². The summed E-state index contributed by atoms with van der Waals surface area (Å²) in [6, 6.07) is 0.515. The third-order valence-corrected chi connectivity index (χ3v) is 10.6. The summed E-state index contributed by atoms with van der Waals surface area (Å²) in [5.41, 5.74) is -0.407. The fraction of sp³-hybridized carbons (Fsp3) is 0.852. The molecule has 3 saturated heterocycles. The Bertz CT molecular complexity index is 765. The highest BCUT2D eigenvalue weighted by molar-refractivity contribution is 8.03. The Balaban J connectivity index is 1.17. The van der Waals surface area contributed by atoms with Crippen LogP contribution in [0.4, 0.5) is 0 Å². The van der Waals surface area contributed by atoms with Crippen molar-refractivity contribution in [1.29, 1.82) is 0 Å². The fourth-order valence-corrected chi connectivity index (χ4v) is 8.50. The number of hydrogen-bond donors (Lipinski definition) is 0. The third-order valence-electron chi connectivity index (χ3n) is 9.24. The predicted molar refractivity (Wildman–Crippen MR) is 135 cm³/mol. The van der Waals surface area contributed by atoms with Crippen LogP contribution in [-0.2, 0) is 9.59 Å². The second-order valence-electron chi connectivity index (χ2n) is 11.6. The number of rotatable bonds is 4. The van der Waals surface area contributed by atoms with E-state index in [1.54, 1.807) is 0 Å². The second-order valence-corrected chi connectivity index (χ2v) is 12.7. The van der Waals surface area contributed by atoms with Crippen molar-refractivity contribution in [2.75, 3.05) is 38.5 Å². The number of carbonyl (C=O) groups is 2. The maximum Gasteiger partial charge on any atom is 0.242 e. The number of allylic oxidation sites excluding steroid dienone is 1. The van der Waals surface area contributed by atoms with Crippen molar-refractivity contribution in [2.45, 2.75) is 89.6 Å². The van der Waals surface area contributed by atoms with Crippen LogP contribution >= 0.6 is 11.8 Å². The Kier molecular flexibility index (Phi) is 7.13. The number of likely N-dealkylation sites (tertiary alicyclic amines) is 3. The molecule has 2 amide bonds. The van der Waals surface area contributed by atoms with Gasteiger partial charge in [-0.3, -0.25) is 14.5 Å². The highest BCUT2D eigenvalue weighted by Gasteiger charge is 2.42. The molecule has 5 aliphatic rings. The number of nitrogens with zero attached hydrogens (tertiary/aromatic N) is 3. The van der Waals surface area contributed by atoms with E-state index in [2.05, 4.69) is 34.6 Å². The highest BCUT2D eigenvalue weighted by atomic mass is 32.2. The van der Waals surface area contributed by atoms with Crippen molar-refractivity contribution in [3.05, 3.63) is 11.0 Å². The predicted octanol–water partition coefficient (Wildman–Crippen LogP) is 4.53. The number of fused-ring (bicyclic) bond motifs is 1. The van der Waals surface area contributed by atoms with Gasteiger partial charge in [0.25, 0.3) is 0 Å². The molecule has 33 heavy (non-hydrogen) atoms. The molecule has 0 bridgehead atoms. The summed E-state index contributed by atoms with van der Waals surface area (Å²) in [5, 5.41) is 0. The van der Waals surface area contributed by atoms with Crippen molar-refractivity contribution >= 4 is 23.6 Å². The van der Waals surface area contributed by atoms with Gasteiger partial charge in [-0.05, 0) is 95.0 Å². The fourth-order valence-electron chi connectivity index (χ4n) is 7.15. The Morgan fingerprint density at radius 2 is 1.58 bits per heavy atom.